The first-order valence-electron chi connectivity index (χ1n) is 6.12. The normalized spacial score (nSPS) is 10.3. The molecule has 0 spiro atoms. The molecule has 0 heterocycles. The Morgan fingerprint density at radius 2 is 1.84 bits per heavy atom. The summed E-state index contributed by atoms with van der Waals surface area (Å²) in [4.78, 5) is 0. The lowest BCUT2D eigenvalue weighted by Gasteiger charge is -2.12. The molecule has 0 atom stereocenters. The molecule has 2 N–H and O–H groups in total. The van der Waals surface area contributed by atoms with E-state index in [4.69, 9.17) is 15.2 Å². The van der Waals surface area contributed by atoms with Crippen molar-refractivity contribution in [2.24, 2.45) is 5.73 Å². The van der Waals surface area contributed by atoms with Crippen molar-refractivity contribution in [1.29, 1.82) is 0 Å². The topological polar surface area (TPSA) is 44.5 Å². The van der Waals surface area contributed by atoms with Gasteiger partial charge in [-0.3, -0.25) is 0 Å². The van der Waals surface area contributed by atoms with Crippen LogP contribution in [0.1, 0.15) is 12.5 Å². The largest absolute Gasteiger partial charge is 0.494 e. The van der Waals surface area contributed by atoms with Crippen molar-refractivity contribution < 1.29 is 13.9 Å². The second-order valence-corrected chi connectivity index (χ2v) is 3.94. The molecule has 2 aromatic rings. The van der Waals surface area contributed by atoms with Gasteiger partial charge in [-0.15, -0.1) is 0 Å². The maximum atomic E-state index is 13.8. The Labute approximate surface area is 111 Å². The lowest BCUT2D eigenvalue weighted by atomic mass is 10.2. The van der Waals surface area contributed by atoms with Gasteiger partial charge in [-0.1, -0.05) is 18.2 Å². The van der Waals surface area contributed by atoms with E-state index in [1.54, 1.807) is 30.3 Å². The summed E-state index contributed by atoms with van der Waals surface area (Å²) < 4.78 is 24.7. The molecule has 100 valence electrons. The number of benzene rings is 2. The minimum Gasteiger partial charge on any atom is -0.494 e. The smallest absolute Gasteiger partial charge is 0.167 e. The van der Waals surface area contributed by atoms with E-state index < -0.39 is 5.82 Å². The van der Waals surface area contributed by atoms with Gasteiger partial charge in [-0.05, 0) is 25.1 Å². The van der Waals surface area contributed by atoms with Crippen molar-refractivity contribution in [3.05, 3.63) is 53.8 Å². The van der Waals surface area contributed by atoms with Gasteiger partial charge in [0.1, 0.15) is 11.5 Å². The lowest BCUT2D eigenvalue weighted by molar-refractivity contribution is 0.337. The molecule has 0 aliphatic rings. The SMILES string of the molecule is CCOc1cccc(Oc2c(F)cccc2CN)c1. The molecule has 2 aromatic carbocycles. The second-order valence-electron chi connectivity index (χ2n) is 3.94. The summed E-state index contributed by atoms with van der Waals surface area (Å²) in [5, 5.41) is 0. The van der Waals surface area contributed by atoms with E-state index in [9.17, 15) is 4.39 Å². The third-order valence-corrected chi connectivity index (χ3v) is 2.60. The summed E-state index contributed by atoms with van der Waals surface area (Å²) in [5.41, 5.74) is 6.21. The fourth-order valence-electron chi connectivity index (χ4n) is 1.74. The molecule has 0 fully saturated rings. The van der Waals surface area contributed by atoms with Crippen LogP contribution in [0.3, 0.4) is 0 Å². The monoisotopic (exact) mass is 261 g/mol. The predicted octanol–water partition coefficient (Wildman–Crippen LogP) is 3.48. The third-order valence-electron chi connectivity index (χ3n) is 2.60. The molecule has 4 heteroatoms. The minimum atomic E-state index is -0.426. The fourth-order valence-corrected chi connectivity index (χ4v) is 1.74. The van der Waals surface area contributed by atoms with Crippen LogP contribution in [0, 0.1) is 5.82 Å². The molecule has 3 nitrogen and oxygen atoms in total. The van der Waals surface area contributed by atoms with E-state index in [1.165, 1.54) is 6.07 Å². The van der Waals surface area contributed by atoms with E-state index in [0.29, 0.717) is 23.7 Å². The van der Waals surface area contributed by atoms with E-state index in [-0.39, 0.29) is 12.3 Å². The standard InChI is InChI=1S/C15H16FNO2/c1-2-18-12-6-4-7-13(9-12)19-15-11(10-17)5-3-8-14(15)16/h3-9H,2,10,17H2,1H3. The molecule has 0 aromatic heterocycles. The van der Waals surface area contributed by atoms with Gasteiger partial charge >= 0.3 is 0 Å². The average molecular weight is 261 g/mol. The third kappa shape index (κ3) is 3.23. The van der Waals surface area contributed by atoms with Crippen LogP contribution in [0.2, 0.25) is 0 Å². The van der Waals surface area contributed by atoms with Gasteiger partial charge in [0, 0.05) is 18.2 Å². The van der Waals surface area contributed by atoms with Crippen LogP contribution in [0.4, 0.5) is 4.39 Å². The number of hydrogen-bond donors (Lipinski definition) is 1. The molecule has 0 aliphatic heterocycles. The van der Waals surface area contributed by atoms with Crippen molar-refractivity contribution in [1.82, 2.24) is 0 Å². The molecule has 0 amide bonds. The number of hydrogen-bond acceptors (Lipinski definition) is 3. The molecule has 0 unspecified atom stereocenters. The molecular formula is C15H16FNO2. The number of halogens is 1. The molecule has 0 saturated heterocycles. The van der Waals surface area contributed by atoms with Crippen molar-refractivity contribution in [3.8, 4) is 17.2 Å². The van der Waals surface area contributed by atoms with E-state index in [1.807, 2.05) is 13.0 Å². The summed E-state index contributed by atoms with van der Waals surface area (Å²) >= 11 is 0. The molecule has 19 heavy (non-hydrogen) atoms. The van der Waals surface area contributed by atoms with Crippen LogP contribution in [0.25, 0.3) is 0 Å². The molecule has 0 saturated carbocycles. The van der Waals surface area contributed by atoms with Gasteiger partial charge in [0.05, 0.1) is 6.61 Å². The van der Waals surface area contributed by atoms with Crippen molar-refractivity contribution in [3.63, 3.8) is 0 Å². The highest BCUT2D eigenvalue weighted by molar-refractivity contribution is 5.41. The lowest BCUT2D eigenvalue weighted by Crippen LogP contribution is -2.01. The van der Waals surface area contributed by atoms with Crippen LogP contribution >= 0.6 is 0 Å². The first kappa shape index (κ1) is 13.4. The Kier molecular flexibility index (Phi) is 4.36. The van der Waals surface area contributed by atoms with E-state index in [2.05, 4.69) is 0 Å². The second kappa shape index (κ2) is 6.20. The van der Waals surface area contributed by atoms with Gasteiger partial charge < -0.3 is 15.2 Å². The minimum absolute atomic E-state index is 0.165. The summed E-state index contributed by atoms with van der Waals surface area (Å²) in [5.74, 6) is 0.944. The van der Waals surface area contributed by atoms with E-state index >= 15 is 0 Å². The zero-order chi connectivity index (χ0) is 13.7. The summed E-state index contributed by atoms with van der Waals surface area (Å²) in [6, 6.07) is 11.8. The zero-order valence-corrected chi connectivity index (χ0v) is 10.7. The van der Waals surface area contributed by atoms with Crippen LogP contribution in [0.5, 0.6) is 17.2 Å². The van der Waals surface area contributed by atoms with Crippen LogP contribution in [-0.4, -0.2) is 6.61 Å². The Hall–Kier alpha value is -2.07. The van der Waals surface area contributed by atoms with Gasteiger partial charge in [-0.25, -0.2) is 4.39 Å². The quantitative estimate of drug-likeness (QED) is 0.896. The highest BCUT2D eigenvalue weighted by Gasteiger charge is 2.10. The molecule has 0 aliphatic carbocycles. The van der Waals surface area contributed by atoms with Gasteiger partial charge in [0.2, 0.25) is 0 Å². The number of rotatable bonds is 5. The Bertz CT molecular complexity index is 558. The summed E-state index contributed by atoms with van der Waals surface area (Å²) in [6.45, 7) is 2.69. The van der Waals surface area contributed by atoms with E-state index in [0.717, 1.165) is 0 Å². The maximum absolute atomic E-state index is 13.8. The molecule has 0 radical (unpaired) electrons. The van der Waals surface area contributed by atoms with Gasteiger partial charge in [0.25, 0.3) is 0 Å². The van der Waals surface area contributed by atoms with Gasteiger partial charge in [0.15, 0.2) is 11.6 Å². The van der Waals surface area contributed by atoms with Gasteiger partial charge in [-0.2, -0.15) is 0 Å². The van der Waals surface area contributed by atoms with Crippen molar-refractivity contribution in [2.75, 3.05) is 6.61 Å². The Balaban J connectivity index is 2.28. The highest BCUT2D eigenvalue weighted by atomic mass is 19.1. The first-order chi connectivity index (χ1) is 9.24. The number of ether oxygens (including phenoxy) is 2. The van der Waals surface area contributed by atoms with Crippen LogP contribution in [-0.2, 0) is 6.54 Å². The Morgan fingerprint density at radius 3 is 2.58 bits per heavy atom. The Morgan fingerprint density at radius 1 is 1.11 bits per heavy atom. The first-order valence-corrected chi connectivity index (χ1v) is 6.12. The molecule has 2 rings (SSSR count). The maximum Gasteiger partial charge on any atom is 0.167 e. The number of para-hydroxylation sites is 1. The zero-order valence-electron chi connectivity index (χ0n) is 10.7. The van der Waals surface area contributed by atoms with Crippen LogP contribution in [0.15, 0.2) is 42.5 Å². The molecular weight excluding hydrogens is 245 g/mol. The highest BCUT2D eigenvalue weighted by Crippen LogP contribution is 2.30. The summed E-state index contributed by atoms with van der Waals surface area (Å²) in [7, 11) is 0. The van der Waals surface area contributed by atoms with Crippen molar-refractivity contribution >= 4 is 0 Å². The van der Waals surface area contributed by atoms with Crippen LogP contribution < -0.4 is 15.2 Å². The molecule has 0 bridgehead atoms. The average Bonchev–Trinajstić information content (AvgIpc) is 2.42. The summed E-state index contributed by atoms with van der Waals surface area (Å²) in [6.07, 6.45) is 0. The van der Waals surface area contributed by atoms with Crippen molar-refractivity contribution in [2.45, 2.75) is 13.5 Å². The number of nitrogens with two attached hydrogens (primary N) is 1. The predicted molar refractivity (Wildman–Crippen MR) is 72.0 cm³/mol. The fraction of sp³-hybridized carbons (Fsp3) is 0.200.